The summed E-state index contributed by atoms with van der Waals surface area (Å²) in [5.74, 6) is -1.06. The molecule has 1 aromatic heterocycles. The van der Waals surface area contributed by atoms with E-state index in [9.17, 15) is 9.59 Å². The van der Waals surface area contributed by atoms with Gasteiger partial charge in [-0.15, -0.1) is 0 Å². The molecule has 0 fully saturated rings. The monoisotopic (exact) mass is 268 g/mol. The molecule has 2 aromatic carbocycles. The molecule has 0 saturated heterocycles. The van der Waals surface area contributed by atoms with Gasteiger partial charge in [-0.1, -0.05) is 6.07 Å². The first-order valence-electron chi connectivity index (χ1n) is 6.19. The number of aromatic carboxylic acids is 1. The van der Waals surface area contributed by atoms with Crippen molar-refractivity contribution in [3.05, 3.63) is 57.2 Å². The summed E-state index contributed by atoms with van der Waals surface area (Å²) in [5, 5.41) is 9.76. The molecular weight excluding hydrogens is 256 g/mol. The van der Waals surface area contributed by atoms with Crippen molar-refractivity contribution in [3.8, 4) is 0 Å². The topological polar surface area (TPSA) is 67.5 Å². The first-order chi connectivity index (χ1) is 9.49. The van der Waals surface area contributed by atoms with Crippen LogP contribution in [0.5, 0.6) is 0 Å². The maximum Gasteiger partial charge on any atom is 0.335 e. The summed E-state index contributed by atoms with van der Waals surface area (Å²) in [7, 11) is 0. The van der Waals surface area contributed by atoms with Gasteiger partial charge in [0.15, 0.2) is 0 Å². The molecule has 0 amide bonds. The minimum Gasteiger partial charge on any atom is -0.478 e. The normalized spacial score (nSPS) is 11.1. The Morgan fingerprint density at radius 3 is 2.55 bits per heavy atom. The molecule has 0 saturated carbocycles. The van der Waals surface area contributed by atoms with Gasteiger partial charge in [0.05, 0.1) is 16.3 Å². The van der Waals surface area contributed by atoms with Gasteiger partial charge in [0.25, 0.3) is 0 Å². The molecule has 4 nitrogen and oxygen atoms in total. The van der Waals surface area contributed by atoms with E-state index in [1.807, 2.05) is 19.9 Å². The number of carboxylic acids is 1. The van der Waals surface area contributed by atoms with E-state index in [0.29, 0.717) is 21.9 Å². The Morgan fingerprint density at radius 2 is 1.85 bits per heavy atom. The Morgan fingerprint density at radius 1 is 1.10 bits per heavy atom. The van der Waals surface area contributed by atoms with Crippen LogP contribution in [0.1, 0.15) is 21.5 Å². The Bertz CT molecular complexity index is 919. The molecule has 0 unspecified atom stereocenters. The minimum atomic E-state index is -1.06. The van der Waals surface area contributed by atoms with E-state index in [0.717, 1.165) is 11.1 Å². The second kappa shape index (κ2) is 4.20. The molecule has 1 N–H and O–H groups in total. The van der Waals surface area contributed by atoms with Crippen molar-refractivity contribution < 1.29 is 14.3 Å². The van der Waals surface area contributed by atoms with E-state index in [-0.39, 0.29) is 11.0 Å². The van der Waals surface area contributed by atoms with Crippen LogP contribution >= 0.6 is 0 Å². The number of hydrogen-bond donors (Lipinski definition) is 1. The number of aryl methyl sites for hydroxylation is 2. The SMILES string of the molecule is Cc1ccc2c(=O)c3cc(C(=O)O)ccc3oc2c1C. The molecule has 3 aromatic rings. The number of fused-ring (bicyclic) bond motifs is 2. The highest BCUT2D eigenvalue weighted by Gasteiger charge is 2.12. The predicted octanol–water partition coefficient (Wildman–Crippen LogP) is 3.26. The third-order valence-electron chi connectivity index (χ3n) is 3.60. The van der Waals surface area contributed by atoms with E-state index in [4.69, 9.17) is 9.52 Å². The summed E-state index contributed by atoms with van der Waals surface area (Å²) in [6, 6.07) is 7.90. The number of hydrogen-bond acceptors (Lipinski definition) is 3. The minimum absolute atomic E-state index is 0.0768. The van der Waals surface area contributed by atoms with Gasteiger partial charge in [-0.05, 0) is 49.2 Å². The summed E-state index contributed by atoms with van der Waals surface area (Å²) in [5.41, 5.74) is 2.80. The highest BCUT2D eigenvalue weighted by molar-refractivity contribution is 5.96. The molecule has 0 aliphatic heterocycles. The van der Waals surface area contributed by atoms with Crippen LogP contribution in [0.3, 0.4) is 0 Å². The zero-order valence-corrected chi connectivity index (χ0v) is 11.1. The fraction of sp³-hybridized carbons (Fsp3) is 0.125. The zero-order valence-electron chi connectivity index (χ0n) is 11.1. The molecule has 3 rings (SSSR count). The molecule has 100 valence electrons. The summed E-state index contributed by atoms with van der Waals surface area (Å²) >= 11 is 0. The summed E-state index contributed by atoms with van der Waals surface area (Å²) < 4.78 is 5.78. The van der Waals surface area contributed by atoms with Crippen molar-refractivity contribution in [3.63, 3.8) is 0 Å². The second-order valence-corrected chi connectivity index (χ2v) is 4.83. The highest BCUT2D eigenvalue weighted by atomic mass is 16.4. The largest absolute Gasteiger partial charge is 0.478 e. The first-order valence-corrected chi connectivity index (χ1v) is 6.19. The van der Waals surface area contributed by atoms with Crippen LogP contribution in [0.25, 0.3) is 21.9 Å². The van der Waals surface area contributed by atoms with Crippen LogP contribution in [-0.4, -0.2) is 11.1 Å². The molecule has 0 aliphatic rings. The fourth-order valence-corrected chi connectivity index (χ4v) is 2.28. The molecule has 4 heteroatoms. The third-order valence-corrected chi connectivity index (χ3v) is 3.60. The van der Waals surface area contributed by atoms with Crippen molar-refractivity contribution in [2.24, 2.45) is 0 Å². The van der Waals surface area contributed by atoms with Crippen molar-refractivity contribution in [2.45, 2.75) is 13.8 Å². The van der Waals surface area contributed by atoms with Crippen LogP contribution in [0.2, 0.25) is 0 Å². The first kappa shape index (κ1) is 12.4. The van der Waals surface area contributed by atoms with Crippen molar-refractivity contribution in [2.75, 3.05) is 0 Å². The van der Waals surface area contributed by atoms with Crippen LogP contribution in [0, 0.1) is 13.8 Å². The molecule has 0 radical (unpaired) electrons. The summed E-state index contributed by atoms with van der Waals surface area (Å²) in [4.78, 5) is 23.5. The van der Waals surface area contributed by atoms with Crippen LogP contribution in [0.15, 0.2) is 39.5 Å². The lowest BCUT2D eigenvalue weighted by molar-refractivity contribution is 0.0697. The van der Waals surface area contributed by atoms with Crippen LogP contribution < -0.4 is 5.43 Å². The lowest BCUT2D eigenvalue weighted by atomic mass is 10.0. The van der Waals surface area contributed by atoms with Crippen molar-refractivity contribution in [1.29, 1.82) is 0 Å². The van der Waals surface area contributed by atoms with Gasteiger partial charge < -0.3 is 9.52 Å². The summed E-state index contributed by atoms with van der Waals surface area (Å²) in [6.45, 7) is 3.85. The van der Waals surface area contributed by atoms with Crippen molar-refractivity contribution >= 4 is 27.9 Å². The standard InChI is InChI=1S/C16H12O4/c1-8-3-5-11-14(17)12-7-10(16(18)19)4-6-13(12)20-15(11)9(8)2/h3-7H,1-2H3,(H,18,19). The Hall–Kier alpha value is -2.62. The number of carboxylic acid groups (broad SMARTS) is 1. The Kier molecular flexibility index (Phi) is 2.61. The van der Waals surface area contributed by atoms with E-state index in [1.165, 1.54) is 18.2 Å². The predicted molar refractivity (Wildman–Crippen MR) is 76.4 cm³/mol. The average molecular weight is 268 g/mol. The molecule has 0 bridgehead atoms. The fourth-order valence-electron chi connectivity index (χ4n) is 2.28. The maximum absolute atomic E-state index is 12.5. The molecular formula is C16H12O4. The lowest BCUT2D eigenvalue weighted by Gasteiger charge is -2.06. The van der Waals surface area contributed by atoms with Gasteiger partial charge in [0, 0.05) is 0 Å². The molecule has 20 heavy (non-hydrogen) atoms. The molecule has 0 atom stereocenters. The number of rotatable bonds is 1. The van der Waals surface area contributed by atoms with Gasteiger partial charge in [0.2, 0.25) is 5.43 Å². The van der Waals surface area contributed by atoms with E-state index in [2.05, 4.69) is 0 Å². The van der Waals surface area contributed by atoms with Gasteiger partial charge in [0.1, 0.15) is 11.2 Å². The number of benzene rings is 2. The van der Waals surface area contributed by atoms with Crippen molar-refractivity contribution in [1.82, 2.24) is 0 Å². The van der Waals surface area contributed by atoms with Gasteiger partial charge >= 0.3 is 5.97 Å². The second-order valence-electron chi connectivity index (χ2n) is 4.83. The number of carbonyl (C=O) groups is 1. The van der Waals surface area contributed by atoms with E-state index in [1.54, 1.807) is 6.07 Å². The lowest BCUT2D eigenvalue weighted by Crippen LogP contribution is -2.05. The zero-order chi connectivity index (χ0) is 14.4. The van der Waals surface area contributed by atoms with E-state index < -0.39 is 5.97 Å². The van der Waals surface area contributed by atoms with E-state index >= 15 is 0 Å². The van der Waals surface area contributed by atoms with Gasteiger partial charge in [-0.3, -0.25) is 4.79 Å². The Balaban J connectivity index is 2.51. The average Bonchev–Trinajstić information content (AvgIpc) is 2.43. The molecule has 0 spiro atoms. The molecule has 1 heterocycles. The smallest absolute Gasteiger partial charge is 0.335 e. The summed E-state index contributed by atoms with van der Waals surface area (Å²) in [6.07, 6.45) is 0. The van der Waals surface area contributed by atoms with Gasteiger partial charge in [-0.25, -0.2) is 4.79 Å². The Labute approximate surface area is 114 Å². The van der Waals surface area contributed by atoms with Crippen LogP contribution in [0.4, 0.5) is 0 Å². The third kappa shape index (κ3) is 1.69. The van der Waals surface area contributed by atoms with Crippen LogP contribution in [-0.2, 0) is 0 Å². The quantitative estimate of drug-likeness (QED) is 0.688. The maximum atomic E-state index is 12.5. The van der Waals surface area contributed by atoms with Gasteiger partial charge in [-0.2, -0.15) is 0 Å². The highest BCUT2D eigenvalue weighted by Crippen LogP contribution is 2.24. The molecule has 0 aliphatic carbocycles.